The van der Waals surface area contributed by atoms with Gasteiger partial charge < -0.3 is 19.8 Å². The van der Waals surface area contributed by atoms with Crippen molar-refractivity contribution in [3.63, 3.8) is 0 Å². The molecule has 1 aromatic heterocycles. The van der Waals surface area contributed by atoms with Gasteiger partial charge in [-0.2, -0.15) is 0 Å². The summed E-state index contributed by atoms with van der Waals surface area (Å²) in [6.07, 6.45) is 5.59. The lowest BCUT2D eigenvalue weighted by atomic mass is 10.1. The van der Waals surface area contributed by atoms with Gasteiger partial charge >= 0.3 is 0 Å². The maximum Gasteiger partial charge on any atom is 0.191 e. The van der Waals surface area contributed by atoms with Gasteiger partial charge in [0.2, 0.25) is 0 Å². The first-order valence-electron chi connectivity index (χ1n) is 10.7. The molecule has 6 nitrogen and oxygen atoms in total. The van der Waals surface area contributed by atoms with Crippen molar-refractivity contribution >= 4 is 29.9 Å². The Morgan fingerprint density at radius 1 is 1.13 bits per heavy atom. The standard InChI is InChI=1S/C23H34N4O2.HI/c1-3-24-23(25-16-19-9-7-10-20(15-19)18-28-2)26-17-21(22-11-8-14-29-22)27-12-5-4-6-13-27;/h7-11,14-15,21H,3-6,12-13,16-18H2,1-2H3,(H2,24,25,26);1H. The van der Waals surface area contributed by atoms with Crippen molar-refractivity contribution in [3.8, 4) is 0 Å². The van der Waals surface area contributed by atoms with E-state index in [1.54, 1.807) is 13.4 Å². The minimum Gasteiger partial charge on any atom is -0.468 e. The van der Waals surface area contributed by atoms with E-state index in [1.165, 1.54) is 30.4 Å². The number of nitrogens with one attached hydrogen (secondary N) is 2. The van der Waals surface area contributed by atoms with Crippen LogP contribution in [0.3, 0.4) is 0 Å². The molecule has 0 spiro atoms. The lowest BCUT2D eigenvalue weighted by Crippen LogP contribution is -2.44. The average molecular weight is 526 g/mol. The molecule has 30 heavy (non-hydrogen) atoms. The van der Waals surface area contributed by atoms with E-state index in [0.717, 1.165) is 37.9 Å². The highest BCUT2D eigenvalue weighted by atomic mass is 127. The van der Waals surface area contributed by atoms with Crippen LogP contribution in [0.1, 0.15) is 49.1 Å². The van der Waals surface area contributed by atoms with Gasteiger partial charge in [-0.15, -0.1) is 24.0 Å². The van der Waals surface area contributed by atoms with E-state index in [2.05, 4.69) is 52.8 Å². The first-order valence-corrected chi connectivity index (χ1v) is 10.7. The monoisotopic (exact) mass is 526 g/mol. The second kappa shape index (κ2) is 13.7. The van der Waals surface area contributed by atoms with Crippen LogP contribution in [-0.4, -0.2) is 44.1 Å². The highest BCUT2D eigenvalue weighted by molar-refractivity contribution is 14.0. The summed E-state index contributed by atoms with van der Waals surface area (Å²) in [6.45, 7) is 7.16. The summed E-state index contributed by atoms with van der Waals surface area (Å²) in [7, 11) is 1.72. The first-order chi connectivity index (χ1) is 14.3. The van der Waals surface area contributed by atoms with Crippen molar-refractivity contribution < 1.29 is 9.15 Å². The zero-order valence-electron chi connectivity index (χ0n) is 18.1. The van der Waals surface area contributed by atoms with E-state index in [1.807, 2.05) is 6.07 Å². The highest BCUT2D eigenvalue weighted by Crippen LogP contribution is 2.24. The number of likely N-dealkylation sites (tertiary alicyclic amines) is 1. The molecule has 0 aliphatic carbocycles. The third-order valence-corrected chi connectivity index (χ3v) is 5.23. The van der Waals surface area contributed by atoms with Gasteiger partial charge in [-0.25, -0.2) is 4.99 Å². The molecule has 2 N–H and O–H groups in total. The molecule has 3 rings (SSSR count). The number of nitrogens with zero attached hydrogens (tertiary/aromatic N) is 2. The quantitative estimate of drug-likeness (QED) is 0.290. The van der Waals surface area contributed by atoms with Crippen molar-refractivity contribution in [1.82, 2.24) is 15.5 Å². The van der Waals surface area contributed by atoms with Crippen LogP contribution < -0.4 is 10.6 Å². The molecule has 1 aliphatic rings. The molecule has 7 heteroatoms. The fourth-order valence-electron chi connectivity index (χ4n) is 3.81. The second-order valence-electron chi connectivity index (χ2n) is 7.46. The number of halogens is 1. The van der Waals surface area contributed by atoms with Crippen LogP contribution in [0.15, 0.2) is 52.1 Å². The largest absolute Gasteiger partial charge is 0.468 e. The molecule has 1 saturated heterocycles. The molecule has 0 amide bonds. The summed E-state index contributed by atoms with van der Waals surface area (Å²) < 4.78 is 11.0. The molecule has 1 fully saturated rings. The number of ether oxygens (including phenoxy) is 1. The summed E-state index contributed by atoms with van der Waals surface area (Å²) in [6, 6.07) is 12.7. The number of hydrogen-bond acceptors (Lipinski definition) is 4. The van der Waals surface area contributed by atoms with Gasteiger partial charge in [0.05, 0.1) is 25.5 Å². The normalized spacial score (nSPS) is 16.0. The number of benzene rings is 1. The van der Waals surface area contributed by atoms with Gasteiger partial charge in [-0.3, -0.25) is 4.90 Å². The highest BCUT2D eigenvalue weighted by Gasteiger charge is 2.24. The van der Waals surface area contributed by atoms with Gasteiger partial charge in [-0.1, -0.05) is 30.7 Å². The molecular weight excluding hydrogens is 491 g/mol. The smallest absolute Gasteiger partial charge is 0.191 e. The maximum atomic E-state index is 5.75. The molecule has 2 heterocycles. The zero-order valence-corrected chi connectivity index (χ0v) is 20.4. The molecule has 2 aromatic rings. The Balaban J connectivity index is 0.00000320. The third kappa shape index (κ3) is 7.59. The molecule has 1 atom stereocenters. The fraction of sp³-hybridized carbons (Fsp3) is 0.522. The lowest BCUT2D eigenvalue weighted by Gasteiger charge is -2.33. The zero-order chi connectivity index (χ0) is 20.3. The van der Waals surface area contributed by atoms with E-state index in [-0.39, 0.29) is 30.0 Å². The number of rotatable bonds is 9. The predicted molar refractivity (Wildman–Crippen MR) is 132 cm³/mol. The molecule has 0 saturated carbocycles. The Labute approximate surface area is 197 Å². The molecule has 166 valence electrons. The van der Waals surface area contributed by atoms with E-state index in [9.17, 15) is 0 Å². The first kappa shape index (κ1) is 24.7. The molecule has 0 radical (unpaired) electrons. The van der Waals surface area contributed by atoms with E-state index >= 15 is 0 Å². The van der Waals surface area contributed by atoms with Crippen LogP contribution in [-0.2, 0) is 17.9 Å². The topological polar surface area (TPSA) is 62.0 Å². The average Bonchev–Trinajstić information content (AvgIpc) is 3.28. The Hall–Kier alpha value is -1.58. The van der Waals surface area contributed by atoms with Crippen LogP contribution in [0.25, 0.3) is 0 Å². The number of guanidine groups is 1. The van der Waals surface area contributed by atoms with Crippen molar-refractivity contribution in [2.24, 2.45) is 4.99 Å². The number of furan rings is 1. The van der Waals surface area contributed by atoms with Gasteiger partial charge in [0.25, 0.3) is 0 Å². The van der Waals surface area contributed by atoms with Crippen molar-refractivity contribution in [3.05, 3.63) is 59.5 Å². The van der Waals surface area contributed by atoms with Crippen LogP contribution in [0, 0.1) is 0 Å². The Morgan fingerprint density at radius 3 is 2.63 bits per heavy atom. The Kier molecular flexibility index (Phi) is 11.2. The van der Waals surface area contributed by atoms with E-state index in [4.69, 9.17) is 14.1 Å². The lowest BCUT2D eigenvalue weighted by molar-refractivity contribution is 0.146. The minimum absolute atomic E-state index is 0. The maximum absolute atomic E-state index is 5.75. The number of hydrogen-bond donors (Lipinski definition) is 2. The summed E-state index contributed by atoms with van der Waals surface area (Å²) >= 11 is 0. The van der Waals surface area contributed by atoms with Crippen LogP contribution in [0.5, 0.6) is 0 Å². The minimum atomic E-state index is 0. The number of aliphatic imine (C=N–C) groups is 1. The van der Waals surface area contributed by atoms with Crippen molar-refractivity contribution in [2.45, 2.75) is 45.4 Å². The van der Waals surface area contributed by atoms with Gasteiger partial charge in [0.15, 0.2) is 5.96 Å². The molecular formula is C23H35IN4O2. The summed E-state index contributed by atoms with van der Waals surface area (Å²) in [5.74, 6) is 1.85. The van der Waals surface area contributed by atoms with Crippen molar-refractivity contribution in [1.29, 1.82) is 0 Å². The van der Waals surface area contributed by atoms with Crippen molar-refractivity contribution in [2.75, 3.05) is 33.3 Å². The van der Waals surface area contributed by atoms with Crippen LogP contribution in [0.4, 0.5) is 0 Å². The van der Waals surface area contributed by atoms with Gasteiger partial charge in [0.1, 0.15) is 5.76 Å². The number of piperidine rings is 1. The predicted octanol–water partition coefficient (Wildman–Crippen LogP) is 4.33. The van der Waals surface area contributed by atoms with Gasteiger partial charge in [0, 0.05) is 20.2 Å². The molecule has 1 unspecified atom stereocenters. The second-order valence-corrected chi connectivity index (χ2v) is 7.46. The summed E-state index contributed by atoms with van der Waals surface area (Å²) in [4.78, 5) is 7.31. The molecule has 1 aliphatic heterocycles. The Morgan fingerprint density at radius 2 is 1.93 bits per heavy atom. The van der Waals surface area contributed by atoms with Crippen LogP contribution in [0.2, 0.25) is 0 Å². The van der Waals surface area contributed by atoms with Gasteiger partial charge in [-0.05, 0) is 56.1 Å². The molecule has 1 aromatic carbocycles. The number of methoxy groups -OCH3 is 1. The van der Waals surface area contributed by atoms with E-state index in [0.29, 0.717) is 13.2 Å². The third-order valence-electron chi connectivity index (χ3n) is 5.23. The molecule has 0 bridgehead atoms. The fourth-order valence-corrected chi connectivity index (χ4v) is 3.81. The summed E-state index contributed by atoms with van der Waals surface area (Å²) in [5.41, 5.74) is 2.34. The van der Waals surface area contributed by atoms with E-state index < -0.39 is 0 Å². The summed E-state index contributed by atoms with van der Waals surface area (Å²) in [5, 5.41) is 6.89. The Bertz CT molecular complexity index is 745. The van der Waals surface area contributed by atoms with Crippen LogP contribution >= 0.6 is 24.0 Å². The SMILES string of the molecule is CCNC(=NCc1cccc(COC)c1)NCC(c1ccco1)N1CCCCC1.I.